The lowest BCUT2D eigenvalue weighted by Gasteiger charge is -2.13. The van der Waals surface area contributed by atoms with Crippen LogP contribution in [0.5, 0.6) is 0 Å². The third kappa shape index (κ3) is 1.97. The monoisotopic (exact) mass is 220 g/mol. The number of aliphatic hydroxyl groups is 1. The fraction of sp³-hybridized carbons (Fsp3) is 0.250. The van der Waals surface area contributed by atoms with Crippen molar-refractivity contribution in [3.8, 4) is 5.69 Å². The fourth-order valence-electron chi connectivity index (χ4n) is 1.41. The van der Waals surface area contributed by atoms with Gasteiger partial charge in [-0.15, -0.1) is 0 Å². The highest BCUT2D eigenvalue weighted by Crippen LogP contribution is 2.20. The van der Waals surface area contributed by atoms with E-state index in [2.05, 4.69) is 5.10 Å². The summed E-state index contributed by atoms with van der Waals surface area (Å²) in [5.41, 5.74) is 0.0533. The molecule has 3 nitrogen and oxygen atoms in total. The first-order valence-electron chi connectivity index (χ1n) is 5.01. The average molecular weight is 220 g/mol. The molecular weight excluding hydrogens is 207 g/mol. The standard InChI is InChI=1S/C12H13FN2O/c1-12(2,16)9-7-14-15(8-9)11-6-4-3-5-10(11)13/h3-8,16H,1-2H3. The molecule has 0 spiro atoms. The topological polar surface area (TPSA) is 38.1 Å². The molecule has 0 bridgehead atoms. The largest absolute Gasteiger partial charge is 0.386 e. The van der Waals surface area contributed by atoms with E-state index in [1.807, 2.05) is 0 Å². The second-order valence-electron chi connectivity index (χ2n) is 4.18. The minimum atomic E-state index is -0.969. The van der Waals surface area contributed by atoms with E-state index in [1.165, 1.54) is 16.9 Å². The number of hydrogen-bond donors (Lipinski definition) is 1. The van der Waals surface area contributed by atoms with Crippen LogP contribution >= 0.6 is 0 Å². The molecule has 0 aliphatic heterocycles. The Labute approximate surface area is 93.2 Å². The molecule has 2 aromatic rings. The molecule has 0 aliphatic rings. The van der Waals surface area contributed by atoms with Crippen molar-refractivity contribution in [1.82, 2.24) is 9.78 Å². The molecular formula is C12H13FN2O. The van der Waals surface area contributed by atoms with Crippen LogP contribution in [0.25, 0.3) is 5.69 Å². The summed E-state index contributed by atoms with van der Waals surface area (Å²) in [5.74, 6) is -0.340. The van der Waals surface area contributed by atoms with Gasteiger partial charge in [-0.25, -0.2) is 9.07 Å². The van der Waals surface area contributed by atoms with Gasteiger partial charge in [0, 0.05) is 11.8 Å². The summed E-state index contributed by atoms with van der Waals surface area (Å²) in [6, 6.07) is 6.38. The van der Waals surface area contributed by atoms with Gasteiger partial charge in [-0.3, -0.25) is 0 Å². The lowest BCUT2D eigenvalue weighted by molar-refractivity contribution is 0.0786. The van der Waals surface area contributed by atoms with Crippen LogP contribution in [0.4, 0.5) is 4.39 Å². The van der Waals surface area contributed by atoms with E-state index >= 15 is 0 Å². The first-order chi connectivity index (χ1) is 7.48. The lowest BCUT2D eigenvalue weighted by Crippen LogP contribution is -2.14. The Balaban J connectivity index is 2.44. The lowest BCUT2D eigenvalue weighted by atomic mass is 10.0. The van der Waals surface area contributed by atoms with Crippen molar-refractivity contribution in [1.29, 1.82) is 0 Å². The maximum atomic E-state index is 13.5. The molecule has 1 aromatic carbocycles. The summed E-state index contributed by atoms with van der Waals surface area (Å²) in [6.45, 7) is 3.32. The Bertz CT molecular complexity index is 500. The predicted molar refractivity (Wildman–Crippen MR) is 58.8 cm³/mol. The zero-order valence-electron chi connectivity index (χ0n) is 9.18. The molecule has 0 unspecified atom stereocenters. The van der Waals surface area contributed by atoms with Crippen LogP contribution in [-0.2, 0) is 5.60 Å². The van der Waals surface area contributed by atoms with Crippen molar-refractivity contribution >= 4 is 0 Å². The second-order valence-corrected chi connectivity index (χ2v) is 4.18. The highest BCUT2D eigenvalue weighted by atomic mass is 19.1. The van der Waals surface area contributed by atoms with Gasteiger partial charge in [0.25, 0.3) is 0 Å². The van der Waals surface area contributed by atoms with E-state index in [4.69, 9.17) is 0 Å². The van der Waals surface area contributed by atoms with Gasteiger partial charge < -0.3 is 5.11 Å². The fourth-order valence-corrected chi connectivity index (χ4v) is 1.41. The number of nitrogens with zero attached hydrogens (tertiary/aromatic N) is 2. The van der Waals surface area contributed by atoms with Crippen molar-refractivity contribution in [3.63, 3.8) is 0 Å². The number of para-hydroxylation sites is 1. The van der Waals surface area contributed by atoms with E-state index in [-0.39, 0.29) is 5.82 Å². The van der Waals surface area contributed by atoms with Crippen molar-refractivity contribution in [2.75, 3.05) is 0 Å². The third-order valence-electron chi connectivity index (χ3n) is 2.39. The number of benzene rings is 1. The van der Waals surface area contributed by atoms with Gasteiger partial charge in [-0.1, -0.05) is 12.1 Å². The molecule has 0 radical (unpaired) electrons. The molecule has 84 valence electrons. The number of aromatic nitrogens is 2. The maximum absolute atomic E-state index is 13.5. The highest BCUT2D eigenvalue weighted by Gasteiger charge is 2.18. The van der Waals surface area contributed by atoms with E-state index in [0.29, 0.717) is 11.3 Å². The molecule has 0 fully saturated rings. The van der Waals surface area contributed by atoms with Gasteiger partial charge in [-0.05, 0) is 26.0 Å². The van der Waals surface area contributed by atoms with E-state index < -0.39 is 5.60 Å². The Kier molecular flexibility index (Phi) is 2.52. The summed E-state index contributed by atoms with van der Waals surface area (Å²) in [4.78, 5) is 0. The molecule has 1 N–H and O–H groups in total. The Morgan fingerprint density at radius 2 is 2.00 bits per heavy atom. The maximum Gasteiger partial charge on any atom is 0.148 e. The Morgan fingerprint density at radius 3 is 2.56 bits per heavy atom. The van der Waals surface area contributed by atoms with E-state index in [0.717, 1.165) is 0 Å². The molecule has 1 aromatic heterocycles. The van der Waals surface area contributed by atoms with Crippen LogP contribution in [0, 0.1) is 5.82 Å². The van der Waals surface area contributed by atoms with Crippen LogP contribution in [0.1, 0.15) is 19.4 Å². The summed E-state index contributed by atoms with van der Waals surface area (Å²) in [6.07, 6.45) is 3.16. The van der Waals surface area contributed by atoms with Gasteiger partial charge in [0.15, 0.2) is 0 Å². The van der Waals surface area contributed by atoms with Crippen molar-refractivity contribution < 1.29 is 9.50 Å². The zero-order chi connectivity index (χ0) is 11.8. The average Bonchev–Trinajstić information content (AvgIpc) is 2.66. The SMILES string of the molecule is CC(C)(O)c1cnn(-c2ccccc2F)c1. The molecule has 0 saturated heterocycles. The smallest absolute Gasteiger partial charge is 0.148 e. The molecule has 0 aliphatic carbocycles. The van der Waals surface area contributed by atoms with Crippen LogP contribution < -0.4 is 0 Å². The predicted octanol–water partition coefficient (Wildman–Crippen LogP) is 2.24. The number of hydrogen-bond acceptors (Lipinski definition) is 2. The summed E-state index contributed by atoms with van der Waals surface area (Å²) in [5, 5.41) is 13.8. The van der Waals surface area contributed by atoms with Crippen LogP contribution in [0.2, 0.25) is 0 Å². The minimum Gasteiger partial charge on any atom is -0.386 e. The normalized spacial score (nSPS) is 11.8. The first-order valence-corrected chi connectivity index (χ1v) is 5.01. The number of rotatable bonds is 2. The van der Waals surface area contributed by atoms with Gasteiger partial charge in [0.05, 0.1) is 11.8 Å². The second kappa shape index (κ2) is 3.72. The molecule has 1 heterocycles. The number of halogens is 1. The quantitative estimate of drug-likeness (QED) is 0.842. The summed E-state index contributed by atoms with van der Waals surface area (Å²) < 4.78 is 14.9. The first kappa shape index (κ1) is 10.8. The minimum absolute atomic E-state index is 0.340. The van der Waals surface area contributed by atoms with Gasteiger partial charge in [0.1, 0.15) is 11.5 Å². The van der Waals surface area contributed by atoms with E-state index in [9.17, 15) is 9.50 Å². The van der Waals surface area contributed by atoms with Gasteiger partial charge >= 0.3 is 0 Å². The van der Waals surface area contributed by atoms with E-state index in [1.54, 1.807) is 38.2 Å². The third-order valence-corrected chi connectivity index (χ3v) is 2.39. The molecule has 2 rings (SSSR count). The zero-order valence-corrected chi connectivity index (χ0v) is 9.18. The van der Waals surface area contributed by atoms with Crippen LogP contribution in [0.15, 0.2) is 36.7 Å². The van der Waals surface area contributed by atoms with Crippen LogP contribution in [-0.4, -0.2) is 14.9 Å². The Hall–Kier alpha value is -1.68. The van der Waals surface area contributed by atoms with Crippen molar-refractivity contribution in [2.45, 2.75) is 19.4 Å². The van der Waals surface area contributed by atoms with Crippen molar-refractivity contribution in [3.05, 3.63) is 48.0 Å². The highest BCUT2D eigenvalue weighted by molar-refractivity contribution is 5.33. The summed E-state index contributed by atoms with van der Waals surface area (Å²) >= 11 is 0. The Morgan fingerprint density at radius 1 is 1.31 bits per heavy atom. The van der Waals surface area contributed by atoms with Gasteiger partial charge in [0.2, 0.25) is 0 Å². The van der Waals surface area contributed by atoms with Gasteiger partial charge in [-0.2, -0.15) is 5.10 Å². The summed E-state index contributed by atoms with van der Waals surface area (Å²) in [7, 11) is 0. The molecule has 4 heteroatoms. The molecule has 0 amide bonds. The molecule has 0 atom stereocenters. The van der Waals surface area contributed by atoms with Crippen LogP contribution in [0.3, 0.4) is 0 Å². The van der Waals surface area contributed by atoms with Crippen molar-refractivity contribution in [2.24, 2.45) is 0 Å². The molecule has 16 heavy (non-hydrogen) atoms. The molecule has 0 saturated carbocycles.